The van der Waals surface area contributed by atoms with Gasteiger partial charge in [-0.25, -0.2) is 0 Å². The molecule has 0 saturated carbocycles. The zero-order valence-corrected chi connectivity index (χ0v) is 13.4. The first-order chi connectivity index (χ1) is 9.99. The standard InChI is InChI=1S/C18H29N3/c1-18(2,17(19)20)11-6-7-12-21-13-10-16(14-21)15-8-4-3-5-9-15/h3-5,8-9,16H,6-7,10-14H2,1-2H3,(H3,19,20). The minimum absolute atomic E-state index is 0.141. The van der Waals surface area contributed by atoms with E-state index in [1.807, 2.05) is 0 Å². The molecule has 2 rings (SSSR count). The Hall–Kier alpha value is -1.35. The molecule has 0 radical (unpaired) electrons. The number of amidine groups is 1. The Kier molecular flexibility index (Phi) is 5.40. The number of unbranched alkanes of at least 4 members (excludes halogenated alkanes) is 1. The maximum atomic E-state index is 7.59. The van der Waals surface area contributed by atoms with Gasteiger partial charge in [0.1, 0.15) is 0 Å². The Morgan fingerprint density at radius 1 is 1.29 bits per heavy atom. The van der Waals surface area contributed by atoms with Crippen LogP contribution >= 0.6 is 0 Å². The van der Waals surface area contributed by atoms with Crippen LogP contribution in [-0.2, 0) is 0 Å². The molecule has 1 heterocycles. The van der Waals surface area contributed by atoms with Gasteiger partial charge in [-0.05, 0) is 43.8 Å². The van der Waals surface area contributed by atoms with E-state index in [1.54, 1.807) is 0 Å². The quantitative estimate of drug-likeness (QED) is 0.457. The van der Waals surface area contributed by atoms with Crippen molar-refractivity contribution >= 4 is 5.84 Å². The fourth-order valence-corrected chi connectivity index (χ4v) is 3.07. The van der Waals surface area contributed by atoms with Crippen LogP contribution < -0.4 is 5.73 Å². The number of likely N-dealkylation sites (tertiary alicyclic amines) is 1. The summed E-state index contributed by atoms with van der Waals surface area (Å²) in [5.74, 6) is 1.02. The lowest BCUT2D eigenvalue weighted by atomic mass is 9.86. The van der Waals surface area contributed by atoms with Crippen LogP contribution in [0.2, 0.25) is 0 Å². The zero-order valence-electron chi connectivity index (χ0n) is 13.4. The highest BCUT2D eigenvalue weighted by atomic mass is 15.1. The third-order valence-electron chi connectivity index (χ3n) is 4.80. The molecule has 1 aromatic rings. The molecular formula is C18H29N3. The highest BCUT2D eigenvalue weighted by Gasteiger charge is 2.24. The van der Waals surface area contributed by atoms with E-state index in [9.17, 15) is 0 Å². The van der Waals surface area contributed by atoms with Crippen molar-refractivity contribution in [2.45, 2.75) is 45.4 Å². The van der Waals surface area contributed by atoms with Crippen molar-refractivity contribution in [3.63, 3.8) is 0 Å². The van der Waals surface area contributed by atoms with Crippen molar-refractivity contribution in [2.75, 3.05) is 19.6 Å². The van der Waals surface area contributed by atoms with Gasteiger partial charge in [-0.3, -0.25) is 5.41 Å². The van der Waals surface area contributed by atoms with Crippen molar-refractivity contribution in [3.8, 4) is 0 Å². The summed E-state index contributed by atoms with van der Waals surface area (Å²) in [6.07, 6.45) is 4.65. The van der Waals surface area contributed by atoms with E-state index in [2.05, 4.69) is 49.1 Å². The minimum atomic E-state index is -0.141. The van der Waals surface area contributed by atoms with Gasteiger partial charge in [0, 0.05) is 12.0 Å². The maximum Gasteiger partial charge on any atom is 0.0963 e. The van der Waals surface area contributed by atoms with Gasteiger partial charge in [0.05, 0.1) is 5.84 Å². The topological polar surface area (TPSA) is 53.1 Å². The number of nitrogens with one attached hydrogen (secondary N) is 1. The maximum absolute atomic E-state index is 7.59. The first-order valence-corrected chi connectivity index (χ1v) is 8.11. The second-order valence-electron chi connectivity index (χ2n) is 6.95. The molecular weight excluding hydrogens is 258 g/mol. The molecule has 3 N–H and O–H groups in total. The summed E-state index contributed by atoms with van der Waals surface area (Å²) in [5.41, 5.74) is 6.97. The Bertz CT molecular complexity index is 453. The van der Waals surface area contributed by atoms with E-state index in [1.165, 1.54) is 38.0 Å². The van der Waals surface area contributed by atoms with Gasteiger partial charge in [0.25, 0.3) is 0 Å². The summed E-state index contributed by atoms with van der Waals surface area (Å²) < 4.78 is 0. The van der Waals surface area contributed by atoms with Crippen LogP contribution in [0, 0.1) is 10.8 Å². The van der Waals surface area contributed by atoms with Gasteiger partial charge >= 0.3 is 0 Å². The molecule has 3 nitrogen and oxygen atoms in total. The predicted molar refractivity (Wildman–Crippen MR) is 89.8 cm³/mol. The predicted octanol–water partition coefficient (Wildman–Crippen LogP) is 3.61. The number of hydrogen-bond donors (Lipinski definition) is 2. The van der Waals surface area contributed by atoms with Crippen LogP contribution in [0.3, 0.4) is 0 Å². The fourth-order valence-electron chi connectivity index (χ4n) is 3.07. The average molecular weight is 287 g/mol. The summed E-state index contributed by atoms with van der Waals surface area (Å²) in [5, 5.41) is 7.59. The minimum Gasteiger partial charge on any atom is -0.387 e. The van der Waals surface area contributed by atoms with Crippen LogP contribution in [0.5, 0.6) is 0 Å². The van der Waals surface area contributed by atoms with Gasteiger partial charge in [0.2, 0.25) is 0 Å². The second-order valence-corrected chi connectivity index (χ2v) is 6.95. The Balaban J connectivity index is 1.68. The summed E-state index contributed by atoms with van der Waals surface area (Å²) in [6, 6.07) is 10.9. The largest absolute Gasteiger partial charge is 0.387 e. The number of hydrogen-bond acceptors (Lipinski definition) is 2. The third-order valence-corrected chi connectivity index (χ3v) is 4.80. The molecule has 116 valence electrons. The van der Waals surface area contributed by atoms with Crippen molar-refractivity contribution in [2.24, 2.45) is 11.1 Å². The molecule has 0 aliphatic carbocycles. The summed E-state index contributed by atoms with van der Waals surface area (Å²) in [6.45, 7) is 7.72. The molecule has 1 aromatic carbocycles. The second kappa shape index (κ2) is 7.08. The van der Waals surface area contributed by atoms with Crippen LogP contribution in [0.4, 0.5) is 0 Å². The highest BCUT2D eigenvalue weighted by molar-refractivity contribution is 5.82. The molecule has 1 saturated heterocycles. The van der Waals surface area contributed by atoms with Crippen LogP contribution in [-0.4, -0.2) is 30.4 Å². The monoisotopic (exact) mass is 287 g/mol. The van der Waals surface area contributed by atoms with Crippen molar-refractivity contribution in [1.29, 1.82) is 5.41 Å². The van der Waals surface area contributed by atoms with Gasteiger partial charge in [0.15, 0.2) is 0 Å². The smallest absolute Gasteiger partial charge is 0.0963 e. The zero-order chi connectivity index (χ0) is 15.3. The van der Waals surface area contributed by atoms with E-state index in [0.29, 0.717) is 11.8 Å². The molecule has 3 heteroatoms. The summed E-state index contributed by atoms with van der Waals surface area (Å²) in [4.78, 5) is 2.58. The van der Waals surface area contributed by atoms with Crippen molar-refractivity contribution in [3.05, 3.63) is 35.9 Å². The Morgan fingerprint density at radius 2 is 2.00 bits per heavy atom. The SMILES string of the molecule is CC(C)(CCCCN1CCC(c2ccccc2)C1)C(=N)N. The van der Waals surface area contributed by atoms with E-state index >= 15 is 0 Å². The molecule has 1 atom stereocenters. The molecule has 1 fully saturated rings. The summed E-state index contributed by atoms with van der Waals surface area (Å²) in [7, 11) is 0. The molecule has 1 aliphatic heterocycles. The molecule has 21 heavy (non-hydrogen) atoms. The van der Waals surface area contributed by atoms with E-state index < -0.39 is 0 Å². The lowest BCUT2D eigenvalue weighted by molar-refractivity contribution is 0.315. The number of benzene rings is 1. The average Bonchev–Trinajstić information content (AvgIpc) is 2.93. The van der Waals surface area contributed by atoms with E-state index in [4.69, 9.17) is 11.1 Å². The van der Waals surface area contributed by atoms with Gasteiger partial charge in [-0.2, -0.15) is 0 Å². The molecule has 0 amide bonds. The molecule has 0 spiro atoms. The number of nitrogens with zero attached hydrogens (tertiary/aromatic N) is 1. The fraction of sp³-hybridized carbons (Fsp3) is 0.611. The van der Waals surface area contributed by atoms with Crippen LogP contribution in [0.25, 0.3) is 0 Å². The molecule has 0 aromatic heterocycles. The third kappa shape index (κ3) is 4.57. The molecule has 0 bridgehead atoms. The van der Waals surface area contributed by atoms with Gasteiger partial charge < -0.3 is 10.6 Å². The Labute approximate surface area is 129 Å². The first kappa shape index (κ1) is 16.0. The number of nitrogens with two attached hydrogens (primary N) is 1. The van der Waals surface area contributed by atoms with E-state index in [0.717, 1.165) is 12.8 Å². The van der Waals surface area contributed by atoms with Crippen molar-refractivity contribution in [1.82, 2.24) is 4.90 Å². The molecule has 1 aliphatic rings. The lowest BCUT2D eigenvalue weighted by Crippen LogP contribution is -2.31. The molecule has 1 unspecified atom stereocenters. The van der Waals surface area contributed by atoms with Crippen LogP contribution in [0.1, 0.15) is 51.0 Å². The van der Waals surface area contributed by atoms with E-state index in [-0.39, 0.29) is 5.41 Å². The number of rotatable bonds is 7. The van der Waals surface area contributed by atoms with Gasteiger partial charge in [-0.1, -0.05) is 50.6 Å². The lowest BCUT2D eigenvalue weighted by Gasteiger charge is -2.23. The van der Waals surface area contributed by atoms with Gasteiger partial charge in [-0.15, -0.1) is 0 Å². The Morgan fingerprint density at radius 3 is 2.67 bits per heavy atom. The highest BCUT2D eigenvalue weighted by Crippen LogP contribution is 2.28. The van der Waals surface area contributed by atoms with Crippen molar-refractivity contribution < 1.29 is 0 Å². The normalized spacial score (nSPS) is 19.8. The van der Waals surface area contributed by atoms with Crippen LogP contribution in [0.15, 0.2) is 30.3 Å². The summed E-state index contributed by atoms with van der Waals surface area (Å²) >= 11 is 0. The first-order valence-electron chi connectivity index (χ1n) is 8.11.